The zero-order chi connectivity index (χ0) is 11.3. The maximum atomic E-state index is 9.27. The predicted octanol–water partition coefficient (Wildman–Crippen LogP) is 1.89. The third-order valence-electron chi connectivity index (χ3n) is 2.18. The minimum absolute atomic E-state index is 0.0450. The van der Waals surface area contributed by atoms with Gasteiger partial charge in [0.1, 0.15) is 0 Å². The Morgan fingerprint density at radius 3 is 2.53 bits per heavy atom. The first-order chi connectivity index (χ1) is 7.09. The molecule has 1 rings (SSSR count). The van der Waals surface area contributed by atoms with Crippen molar-refractivity contribution in [3.8, 4) is 11.5 Å². The van der Waals surface area contributed by atoms with E-state index in [0.717, 1.165) is 25.1 Å². The molecule has 0 saturated carbocycles. The Labute approximate surface area is 90.8 Å². The lowest BCUT2D eigenvalue weighted by atomic mass is 10.1. The van der Waals surface area contributed by atoms with Gasteiger partial charge in [0.15, 0.2) is 11.5 Å². The topological polar surface area (TPSA) is 52.5 Å². The van der Waals surface area contributed by atoms with Crippen LogP contribution in [0.2, 0.25) is 0 Å². The molecule has 0 unspecified atom stereocenters. The first kappa shape index (κ1) is 11.9. The second-order valence-corrected chi connectivity index (χ2v) is 4.17. The summed E-state index contributed by atoms with van der Waals surface area (Å²) >= 11 is 0. The molecular weight excluding hydrogens is 190 g/mol. The molecule has 84 valence electrons. The van der Waals surface area contributed by atoms with Crippen molar-refractivity contribution in [1.82, 2.24) is 5.32 Å². The van der Waals surface area contributed by atoms with E-state index in [-0.39, 0.29) is 11.5 Å². The summed E-state index contributed by atoms with van der Waals surface area (Å²) in [6, 6.07) is 4.95. The van der Waals surface area contributed by atoms with E-state index < -0.39 is 0 Å². The number of benzene rings is 1. The molecule has 0 saturated heterocycles. The molecule has 0 heterocycles. The number of hydrogen-bond acceptors (Lipinski definition) is 3. The van der Waals surface area contributed by atoms with Crippen molar-refractivity contribution >= 4 is 0 Å². The number of nitrogens with one attached hydrogen (secondary N) is 1. The quantitative estimate of drug-likeness (QED) is 0.512. The van der Waals surface area contributed by atoms with E-state index in [2.05, 4.69) is 19.2 Å². The Hall–Kier alpha value is -1.22. The molecule has 3 nitrogen and oxygen atoms in total. The van der Waals surface area contributed by atoms with Gasteiger partial charge in [-0.2, -0.15) is 0 Å². The van der Waals surface area contributed by atoms with Crippen LogP contribution in [-0.2, 0) is 6.42 Å². The standard InChI is InChI=1S/C12H19NO2/c1-9(2)8-13-6-5-10-3-4-11(14)12(15)7-10/h3-4,7,9,13-15H,5-6,8H2,1-2H3. The van der Waals surface area contributed by atoms with Crippen LogP contribution in [0.15, 0.2) is 18.2 Å². The largest absolute Gasteiger partial charge is 0.504 e. The molecule has 3 N–H and O–H groups in total. The molecule has 0 aromatic heterocycles. The fraction of sp³-hybridized carbons (Fsp3) is 0.500. The average molecular weight is 209 g/mol. The van der Waals surface area contributed by atoms with Gasteiger partial charge < -0.3 is 15.5 Å². The van der Waals surface area contributed by atoms with Gasteiger partial charge in [0, 0.05) is 0 Å². The number of rotatable bonds is 5. The first-order valence-corrected chi connectivity index (χ1v) is 5.31. The van der Waals surface area contributed by atoms with Gasteiger partial charge in [0.25, 0.3) is 0 Å². The summed E-state index contributed by atoms with van der Waals surface area (Å²) in [6.45, 7) is 6.23. The van der Waals surface area contributed by atoms with Crippen LogP contribution in [0.3, 0.4) is 0 Å². The van der Waals surface area contributed by atoms with E-state index in [0.29, 0.717) is 5.92 Å². The molecular formula is C12H19NO2. The fourth-order valence-corrected chi connectivity index (χ4v) is 1.35. The van der Waals surface area contributed by atoms with Crippen molar-refractivity contribution in [2.24, 2.45) is 5.92 Å². The molecule has 0 fully saturated rings. The molecule has 3 heteroatoms. The highest BCUT2D eigenvalue weighted by Gasteiger charge is 2.00. The highest BCUT2D eigenvalue weighted by Crippen LogP contribution is 2.24. The third-order valence-corrected chi connectivity index (χ3v) is 2.18. The Kier molecular flexibility index (Phi) is 4.43. The molecule has 0 bridgehead atoms. The lowest BCUT2D eigenvalue weighted by Crippen LogP contribution is -2.22. The van der Waals surface area contributed by atoms with Crippen molar-refractivity contribution < 1.29 is 10.2 Å². The van der Waals surface area contributed by atoms with Crippen LogP contribution < -0.4 is 5.32 Å². The number of phenolic OH excluding ortho intramolecular Hbond substituents is 2. The molecule has 0 atom stereocenters. The molecule has 0 aliphatic carbocycles. The summed E-state index contributed by atoms with van der Waals surface area (Å²) < 4.78 is 0. The smallest absolute Gasteiger partial charge is 0.157 e. The van der Waals surface area contributed by atoms with Crippen LogP contribution in [0.4, 0.5) is 0 Å². The molecule has 0 aliphatic heterocycles. The second-order valence-electron chi connectivity index (χ2n) is 4.17. The van der Waals surface area contributed by atoms with Gasteiger partial charge in [-0.1, -0.05) is 19.9 Å². The summed E-state index contributed by atoms with van der Waals surface area (Å²) in [6.07, 6.45) is 0.862. The Bertz CT molecular complexity index is 310. The minimum atomic E-state index is -0.0612. The zero-order valence-electron chi connectivity index (χ0n) is 9.33. The van der Waals surface area contributed by atoms with E-state index in [9.17, 15) is 5.11 Å². The van der Waals surface area contributed by atoms with Gasteiger partial charge in [-0.15, -0.1) is 0 Å². The van der Waals surface area contributed by atoms with Crippen LogP contribution in [0.1, 0.15) is 19.4 Å². The molecule has 15 heavy (non-hydrogen) atoms. The second kappa shape index (κ2) is 5.61. The van der Waals surface area contributed by atoms with Gasteiger partial charge in [0.2, 0.25) is 0 Å². The fourth-order valence-electron chi connectivity index (χ4n) is 1.35. The summed E-state index contributed by atoms with van der Waals surface area (Å²) in [5.41, 5.74) is 1.03. The normalized spacial score (nSPS) is 10.9. The van der Waals surface area contributed by atoms with Gasteiger partial charge >= 0.3 is 0 Å². The molecule has 0 aliphatic rings. The van der Waals surface area contributed by atoms with Crippen LogP contribution in [0, 0.1) is 5.92 Å². The van der Waals surface area contributed by atoms with Crippen LogP contribution in [-0.4, -0.2) is 23.3 Å². The summed E-state index contributed by atoms with van der Waals surface area (Å²) in [5.74, 6) is 0.545. The molecule has 1 aromatic rings. The number of aromatic hydroxyl groups is 2. The van der Waals surface area contributed by atoms with Crippen molar-refractivity contribution in [3.05, 3.63) is 23.8 Å². The first-order valence-electron chi connectivity index (χ1n) is 5.31. The van der Waals surface area contributed by atoms with Gasteiger partial charge in [0.05, 0.1) is 0 Å². The number of phenols is 2. The summed E-state index contributed by atoms with van der Waals surface area (Å²) in [4.78, 5) is 0. The number of hydrogen-bond donors (Lipinski definition) is 3. The lowest BCUT2D eigenvalue weighted by molar-refractivity contribution is 0.403. The van der Waals surface area contributed by atoms with Crippen molar-refractivity contribution in [2.45, 2.75) is 20.3 Å². The van der Waals surface area contributed by atoms with Crippen molar-refractivity contribution in [3.63, 3.8) is 0 Å². The van der Waals surface area contributed by atoms with Gasteiger partial charge in [-0.25, -0.2) is 0 Å². The molecule has 0 spiro atoms. The van der Waals surface area contributed by atoms with Crippen LogP contribution in [0.25, 0.3) is 0 Å². The van der Waals surface area contributed by atoms with E-state index >= 15 is 0 Å². The van der Waals surface area contributed by atoms with Gasteiger partial charge in [-0.3, -0.25) is 0 Å². The molecule has 1 aromatic carbocycles. The third kappa shape index (κ3) is 4.21. The molecule has 0 radical (unpaired) electrons. The van der Waals surface area contributed by atoms with E-state index in [1.807, 2.05) is 6.07 Å². The SMILES string of the molecule is CC(C)CNCCc1ccc(O)c(O)c1. The van der Waals surface area contributed by atoms with Crippen molar-refractivity contribution in [1.29, 1.82) is 0 Å². The highest BCUT2D eigenvalue weighted by molar-refractivity contribution is 5.40. The zero-order valence-corrected chi connectivity index (χ0v) is 9.33. The van der Waals surface area contributed by atoms with E-state index in [1.54, 1.807) is 6.07 Å². The van der Waals surface area contributed by atoms with Crippen molar-refractivity contribution in [2.75, 3.05) is 13.1 Å². The highest BCUT2D eigenvalue weighted by atomic mass is 16.3. The monoisotopic (exact) mass is 209 g/mol. The summed E-state index contributed by atoms with van der Waals surface area (Å²) in [7, 11) is 0. The predicted molar refractivity (Wildman–Crippen MR) is 61.2 cm³/mol. The minimum Gasteiger partial charge on any atom is -0.504 e. The maximum Gasteiger partial charge on any atom is 0.157 e. The maximum absolute atomic E-state index is 9.27. The van der Waals surface area contributed by atoms with E-state index in [1.165, 1.54) is 6.07 Å². The Morgan fingerprint density at radius 2 is 1.93 bits per heavy atom. The van der Waals surface area contributed by atoms with Gasteiger partial charge in [-0.05, 0) is 43.1 Å². The summed E-state index contributed by atoms with van der Waals surface area (Å²) in [5, 5.41) is 21.7. The average Bonchev–Trinajstić information content (AvgIpc) is 2.18. The Morgan fingerprint density at radius 1 is 1.20 bits per heavy atom. The lowest BCUT2D eigenvalue weighted by Gasteiger charge is -2.07. The van der Waals surface area contributed by atoms with Crippen LogP contribution >= 0.6 is 0 Å². The molecule has 0 amide bonds. The van der Waals surface area contributed by atoms with E-state index in [4.69, 9.17) is 5.11 Å². The van der Waals surface area contributed by atoms with Crippen LogP contribution in [0.5, 0.6) is 11.5 Å². The Balaban J connectivity index is 2.35.